The number of aryl methyl sites for hydroxylation is 2. The molecule has 0 nitrogen and oxygen atoms in total. The first-order valence-electron chi connectivity index (χ1n) is 4.35. The summed E-state index contributed by atoms with van der Waals surface area (Å²) in [6, 6.07) is 8.73. The van der Waals surface area contributed by atoms with Gasteiger partial charge in [-0.1, -0.05) is 24.3 Å². The highest BCUT2D eigenvalue weighted by Crippen LogP contribution is 2.12. The highest BCUT2D eigenvalue weighted by atomic mass is 31.0. The third-order valence-corrected chi connectivity index (χ3v) is 2.52. The molecule has 2 atom stereocenters. The van der Waals surface area contributed by atoms with Crippen LogP contribution < -0.4 is 0 Å². The molecule has 1 aromatic carbocycles. The molecule has 0 fully saturated rings. The summed E-state index contributed by atoms with van der Waals surface area (Å²) < 4.78 is 0. The van der Waals surface area contributed by atoms with Crippen molar-refractivity contribution in [1.29, 1.82) is 0 Å². The van der Waals surface area contributed by atoms with E-state index in [2.05, 4.69) is 42.7 Å². The Labute approximate surface area is 79.6 Å². The number of hydrogen-bond donors (Lipinski definition) is 0. The van der Waals surface area contributed by atoms with Gasteiger partial charge in [0.1, 0.15) is 0 Å². The monoisotopic (exact) mass is 198 g/mol. The third-order valence-electron chi connectivity index (χ3n) is 1.95. The van der Waals surface area contributed by atoms with E-state index in [0.29, 0.717) is 0 Å². The van der Waals surface area contributed by atoms with Crippen molar-refractivity contribution in [2.45, 2.75) is 12.8 Å². The first-order valence-corrected chi connectivity index (χ1v) is 5.98. The largest absolute Gasteiger partial charge is 0.137 e. The molecule has 0 aliphatic carbocycles. The zero-order valence-electron chi connectivity index (χ0n) is 7.29. The molecule has 1 rings (SSSR count). The fraction of sp³-hybridized carbons (Fsp3) is 0.400. The summed E-state index contributed by atoms with van der Waals surface area (Å²) in [6.45, 7) is 0. The fourth-order valence-electron chi connectivity index (χ4n) is 1.36. The van der Waals surface area contributed by atoms with E-state index in [4.69, 9.17) is 0 Å². The maximum absolute atomic E-state index is 2.78. The second kappa shape index (κ2) is 5.68. The highest BCUT2D eigenvalue weighted by Gasteiger charge is 1.98. The molecular weight excluding hydrogens is 182 g/mol. The highest BCUT2D eigenvalue weighted by molar-refractivity contribution is 7.16. The first kappa shape index (κ1) is 10.2. The van der Waals surface area contributed by atoms with Gasteiger partial charge in [-0.05, 0) is 36.3 Å². The lowest BCUT2D eigenvalue weighted by Crippen LogP contribution is -1.95. The van der Waals surface area contributed by atoms with Crippen molar-refractivity contribution < 1.29 is 0 Å². The molecule has 0 aromatic heterocycles. The van der Waals surface area contributed by atoms with Crippen molar-refractivity contribution in [3.05, 3.63) is 35.4 Å². The van der Waals surface area contributed by atoms with Crippen LogP contribution in [-0.4, -0.2) is 12.3 Å². The van der Waals surface area contributed by atoms with Crippen molar-refractivity contribution in [2.75, 3.05) is 12.3 Å². The lowest BCUT2D eigenvalue weighted by Gasteiger charge is -2.06. The maximum atomic E-state index is 2.78. The summed E-state index contributed by atoms with van der Waals surface area (Å²) >= 11 is 0. The summed E-state index contributed by atoms with van der Waals surface area (Å²) in [5.41, 5.74) is 3.02. The molecule has 0 heterocycles. The lowest BCUT2D eigenvalue weighted by molar-refractivity contribution is 1.05. The van der Waals surface area contributed by atoms with Gasteiger partial charge in [-0.2, -0.15) is 0 Å². The Balaban J connectivity index is 2.77. The van der Waals surface area contributed by atoms with Gasteiger partial charge in [0.05, 0.1) is 0 Å². The zero-order valence-corrected chi connectivity index (χ0v) is 9.60. The van der Waals surface area contributed by atoms with Crippen molar-refractivity contribution in [3.63, 3.8) is 0 Å². The van der Waals surface area contributed by atoms with Crippen LogP contribution in [0.1, 0.15) is 11.1 Å². The Hall–Kier alpha value is 0.0800. The fourth-order valence-corrected chi connectivity index (χ4v) is 1.98. The van der Waals surface area contributed by atoms with Crippen LogP contribution in [0.25, 0.3) is 0 Å². The molecule has 0 N–H and O–H groups in total. The zero-order chi connectivity index (χ0) is 8.81. The van der Waals surface area contributed by atoms with Crippen LogP contribution in [0.5, 0.6) is 0 Å². The summed E-state index contributed by atoms with van der Waals surface area (Å²) in [5.74, 6) is 0. The van der Waals surface area contributed by atoms with Crippen LogP contribution in [0.3, 0.4) is 0 Å². The van der Waals surface area contributed by atoms with Crippen molar-refractivity contribution in [3.8, 4) is 0 Å². The van der Waals surface area contributed by atoms with E-state index in [9.17, 15) is 0 Å². The van der Waals surface area contributed by atoms with Crippen LogP contribution in [0.2, 0.25) is 0 Å². The average molecular weight is 198 g/mol. The van der Waals surface area contributed by atoms with Crippen molar-refractivity contribution in [1.82, 2.24) is 0 Å². The van der Waals surface area contributed by atoms with Crippen molar-refractivity contribution >= 4 is 18.5 Å². The van der Waals surface area contributed by atoms with Gasteiger partial charge in [-0.3, -0.25) is 0 Å². The molecule has 2 heteroatoms. The second-order valence-corrected chi connectivity index (χ2v) is 4.00. The van der Waals surface area contributed by atoms with Gasteiger partial charge in [0.2, 0.25) is 0 Å². The molecular formula is C10H16P2. The quantitative estimate of drug-likeness (QED) is 0.652. The Morgan fingerprint density at radius 2 is 1.25 bits per heavy atom. The number of rotatable bonds is 4. The Morgan fingerprint density at radius 3 is 1.58 bits per heavy atom. The van der Waals surface area contributed by atoms with Gasteiger partial charge in [0.15, 0.2) is 0 Å². The molecule has 0 aliphatic rings. The SMILES string of the molecule is PCCc1ccccc1CCP. The average Bonchev–Trinajstić information content (AvgIpc) is 2.09. The maximum Gasteiger partial charge on any atom is -0.0241 e. The van der Waals surface area contributed by atoms with E-state index in [-0.39, 0.29) is 0 Å². The minimum Gasteiger partial charge on any atom is -0.137 e. The minimum atomic E-state index is 1.16. The van der Waals surface area contributed by atoms with Gasteiger partial charge in [-0.25, -0.2) is 0 Å². The van der Waals surface area contributed by atoms with Gasteiger partial charge in [0, 0.05) is 0 Å². The van der Waals surface area contributed by atoms with E-state index in [1.807, 2.05) is 0 Å². The van der Waals surface area contributed by atoms with Crippen LogP contribution in [0, 0.1) is 0 Å². The lowest BCUT2D eigenvalue weighted by atomic mass is 10.0. The van der Waals surface area contributed by atoms with Crippen LogP contribution in [-0.2, 0) is 12.8 Å². The minimum absolute atomic E-state index is 1.16. The van der Waals surface area contributed by atoms with E-state index >= 15 is 0 Å². The Kier molecular flexibility index (Phi) is 4.81. The molecule has 0 saturated heterocycles. The first-order chi connectivity index (χ1) is 5.88. The van der Waals surface area contributed by atoms with E-state index in [1.54, 1.807) is 0 Å². The topological polar surface area (TPSA) is 0 Å². The second-order valence-electron chi connectivity index (χ2n) is 2.85. The van der Waals surface area contributed by atoms with Gasteiger partial charge < -0.3 is 0 Å². The van der Waals surface area contributed by atoms with Crippen LogP contribution >= 0.6 is 18.5 Å². The molecule has 0 radical (unpaired) electrons. The molecule has 0 aliphatic heterocycles. The Bertz CT molecular complexity index is 208. The van der Waals surface area contributed by atoms with E-state index in [0.717, 1.165) is 12.3 Å². The molecule has 12 heavy (non-hydrogen) atoms. The number of hydrogen-bond acceptors (Lipinski definition) is 0. The third kappa shape index (κ3) is 2.85. The van der Waals surface area contributed by atoms with Crippen molar-refractivity contribution in [2.24, 2.45) is 0 Å². The predicted molar refractivity (Wildman–Crippen MR) is 63.0 cm³/mol. The summed E-state index contributed by atoms with van der Waals surface area (Å²) in [4.78, 5) is 0. The smallest absolute Gasteiger partial charge is 0.0241 e. The summed E-state index contributed by atoms with van der Waals surface area (Å²) in [7, 11) is 5.56. The summed E-state index contributed by atoms with van der Waals surface area (Å²) in [5, 5.41) is 0. The molecule has 0 spiro atoms. The van der Waals surface area contributed by atoms with Crippen LogP contribution in [0.4, 0.5) is 0 Å². The predicted octanol–water partition coefficient (Wildman–Crippen LogP) is 2.52. The summed E-state index contributed by atoms with van der Waals surface area (Å²) in [6.07, 6.45) is 4.69. The molecule has 1 aromatic rings. The molecule has 0 saturated carbocycles. The van der Waals surface area contributed by atoms with Gasteiger partial charge >= 0.3 is 0 Å². The molecule has 0 amide bonds. The van der Waals surface area contributed by atoms with Crippen LogP contribution in [0.15, 0.2) is 24.3 Å². The number of benzene rings is 1. The Morgan fingerprint density at radius 1 is 0.833 bits per heavy atom. The van der Waals surface area contributed by atoms with E-state index < -0.39 is 0 Å². The molecule has 2 unspecified atom stereocenters. The van der Waals surface area contributed by atoms with Gasteiger partial charge in [0.25, 0.3) is 0 Å². The van der Waals surface area contributed by atoms with Gasteiger partial charge in [-0.15, -0.1) is 18.5 Å². The normalized spacial score (nSPS) is 10.2. The molecule has 0 bridgehead atoms. The van der Waals surface area contributed by atoms with E-state index in [1.165, 1.54) is 24.0 Å². The standard InChI is InChI=1S/C10H16P2/c11-7-5-9-3-1-2-4-10(9)6-8-12/h1-4H,5-8,11-12H2. The molecule has 66 valence electrons.